The van der Waals surface area contributed by atoms with E-state index in [4.69, 9.17) is 16.3 Å². The summed E-state index contributed by atoms with van der Waals surface area (Å²) in [6, 6.07) is 10.5. The number of halogens is 1. The van der Waals surface area contributed by atoms with Gasteiger partial charge in [0.1, 0.15) is 11.2 Å². The molecular formula is C22H22ClN5O4S. The van der Waals surface area contributed by atoms with Crippen LogP contribution in [0.4, 0.5) is 16.5 Å². The standard InChI is InChI=1S/C22H22ClN5O4S/c23-16-2-1-3-19-20(16)24-22(33-19)27-8-6-26(7-9-27)21(29)15-4-5-17(18(14-15)28(30)31)25-10-12-32-13-11-25/h1-5,14H,6-13H2. The first-order valence-corrected chi connectivity index (χ1v) is 11.9. The van der Waals surface area contributed by atoms with E-state index >= 15 is 0 Å². The van der Waals surface area contributed by atoms with Gasteiger partial charge in [0, 0.05) is 50.9 Å². The van der Waals surface area contributed by atoms with Gasteiger partial charge in [-0.15, -0.1) is 0 Å². The van der Waals surface area contributed by atoms with Crippen LogP contribution in [0.3, 0.4) is 0 Å². The Balaban J connectivity index is 1.29. The number of rotatable bonds is 4. The highest BCUT2D eigenvalue weighted by atomic mass is 35.5. The molecule has 0 aliphatic carbocycles. The molecule has 2 aromatic carbocycles. The zero-order valence-corrected chi connectivity index (χ0v) is 19.3. The fourth-order valence-electron chi connectivity index (χ4n) is 4.20. The Labute approximate surface area is 199 Å². The second-order valence-corrected chi connectivity index (χ2v) is 9.34. The number of hydrogen-bond donors (Lipinski definition) is 0. The molecule has 0 N–H and O–H groups in total. The maximum atomic E-state index is 13.1. The minimum absolute atomic E-state index is 0.0484. The molecule has 0 atom stereocenters. The van der Waals surface area contributed by atoms with Crippen LogP contribution in [-0.4, -0.2) is 73.2 Å². The van der Waals surface area contributed by atoms with Gasteiger partial charge in [0.05, 0.1) is 27.9 Å². The highest BCUT2D eigenvalue weighted by molar-refractivity contribution is 7.22. The lowest BCUT2D eigenvalue weighted by atomic mass is 10.1. The Hall–Kier alpha value is -2.95. The van der Waals surface area contributed by atoms with Gasteiger partial charge in [-0.1, -0.05) is 29.0 Å². The molecule has 1 amide bonds. The number of para-hydroxylation sites is 1. The molecule has 9 nitrogen and oxygen atoms in total. The minimum atomic E-state index is -0.419. The van der Waals surface area contributed by atoms with Crippen molar-refractivity contribution in [3.05, 3.63) is 57.1 Å². The number of piperazine rings is 1. The van der Waals surface area contributed by atoms with Gasteiger partial charge < -0.3 is 19.4 Å². The van der Waals surface area contributed by atoms with E-state index in [1.165, 1.54) is 6.07 Å². The topological polar surface area (TPSA) is 92.0 Å². The van der Waals surface area contributed by atoms with Crippen LogP contribution >= 0.6 is 22.9 Å². The van der Waals surface area contributed by atoms with Crippen LogP contribution in [0.5, 0.6) is 0 Å². The summed E-state index contributed by atoms with van der Waals surface area (Å²) in [7, 11) is 0. The number of fused-ring (bicyclic) bond motifs is 1. The van der Waals surface area contributed by atoms with E-state index in [-0.39, 0.29) is 11.6 Å². The fraction of sp³-hybridized carbons (Fsp3) is 0.364. The van der Waals surface area contributed by atoms with Crippen LogP contribution < -0.4 is 9.80 Å². The molecule has 0 bridgehead atoms. The largest absolute Gasteiger partial charge is 0.378 e. The highest BCUT2D eigenvalue weighted by Crippen LogP contribution is 2.34. The van der Waals surface area contributed by atoms with Gasteiger partial charge in [0.15, 0.2) is 5.13 Å². The smallest absolute Gasteiger partial charge is 0.293 e. The van der Waals surface area contributed by atoms with E-state index in [9.17, 15) is 14.9 Å². The van der Waals surface area contributed by atoms with Gasteiger partial charge in [-0.3, -0.25) is 14.9 Å². The number of carbonyl (C=O) groups is 1. The summed E-state index contributed by atoms with van der Waals surface area (Å²) in [6.45, 7) is 4.55. The third-order valence-corrected chi connectivity index (χ3v) is 7.35. The molecule has 11 heteroatoms. The summed E-state index contributed by atoms with van der Waals surface area (Å²) in [6.07, 6.45) is 0. The van der Waals surface area contributed by atoms with Crippen molar-refractivity contribution < 1.29 is 14.5 Å². The number of benzene rings is 2. The molecule has 5 rings (SSSR count). The Morgan fingerprint density at radius 2 is 1.82 bits per heavy atom. The van der Waals surface area contributed by atoms with E-state index in [0.717, 1.165) is 15.3 Å². The highest BCUT2D eigenvalue weighted by Gasteiger charge is 2.27. The van der Waals surface area contributed by atoms with E-state index in [2.05, 4.69) is 9.88 Å². The molecular weight excluding hydrogens is 466 g/mol. The number of nitro benzene ring substituents is 1. The van der Waals surface area contributed by atoms with Gasteiger partial charge in [0.25, 0.3) is 11.6 Å². The monoisotopic (exact) mass is 487 g/mol. The average Bonchev–Trinajstić information content (AvgIpc) is 3.30. The number of thiazole rings is 1. The zero-order chi connectivity index (χ0) is 22.9. The van der Waals surface area contributed by atoms with Gasteiger partial charge in [0.2, 0.25) is 0 Å². The molecule has 2 aliphatic rings. The number of morpholine rings is 1. The summed E-state index contributed by atoms with van der Waals surface area (Å²) in [4.78, 5) is 34.9. The van der Waals surface area contributed by atoms with Crippen molar-refractivity contribution in [2.24, 2.45) is 0 Å². The Bertz CT molecular complexity index is 1200. The Morgan fingerprint density at radius 1 is 1.06 bits per heavy atom. The van der Waals surface area contributed by atoms with Crippen molar-refractivity contribution in [1.82, 2.24) is 9.88 Å². The number of hydrogen-bond acceptors (Lipinski definition) is 8. The molecule has 2 aliphatic heterocycles. The molecule has 0 saturated carbocycles. The number of nitrogens with zero attached hydrogens (tertiary/aromatic N) is 5. The van der Waals surface area contributed by atoms with Crippen molar-refractivity contribution in [3.63, 3.8) is 0 Å². The van der Waals surface area contributed by atoms with Gasteiger partial charge in [-0.2, -0.15) is 0 Å². The summed E-state index contributed by atoms with van der Waals surface area (Å²) in [5.41, 5.74) is 1.61. The predicted octanol–water partition coefficient (Wildman–Crippen LogP) is 3.66. The maximum Gasteiger partial charge on any atom is 0.293 e. The van der Waals surface area contributed by atoms with Crippen LogP contribution in [0.15, 0.2) is 36.4 Å². The zero-order valence-electron chi connectivity index (χ0n) is 17.8. The molecule has 3 heterocycles. The Kier molecular flexibility index (Phi) is 6.05. The summed E-state index contributed by atoms with van der Waals surface area (Å²) >= 11 is 7.84. The molecule has 2 saturated heterocycles. The van der Waals surface area contributed by atoms with Gasteiger partial charge in [-0.25, -0.2) is 4.98 Å². The molecule has 0 unspecified atom stereocenters. The van der Waals surface area contributed by atoms with Crippen LogP contribution in [0, 0.1) is 10.1 Å². The van der Waals surface area contributed by atoms with Crippen molar-refractivity contribution in [3.8, 4) is 0 Å². The average molecular weight is 488 g/mol. The third-order valence-electron chi connectivity index (χ3n) is 5.97. The second-order valence-electron chi connectivity index (χ2n) is 7.92. The number of carbonyl (C=O) groups excluding carboxylic acids is 1. The number of nitro groups is 1. The van der Waals surface area contributed by atoms with Crippen molar-refractivity contribution in [2.75, 3.05) is 62.3 Å². The SMILES string of the molecule is O=C(c1ccc(N2CCOCC2)c([N+](=O)[O-])c1)N1CCN(c2nc3c(Cl)cccc3s2)CC1. The molecule has 3 aromatic rings. The van der Waals surface area contributed by atoms with E-state index in [0.29, 0.717) is 68.8 Å². The summed E-state index contributed by atoms with van der Waals surface area (Å²) in [5, 5.41) is 13.2. The normalized spacial score (nSPS) is 16.9. The van der Waals surface area contributed by atoms with Gasteiger partial charge >= 0.3 is 0 Å². The van der Waals surface area contributed by atoms with Crippen molar-refractivity contribution in [2.45, 2.75) is 0 Å². The van der Waals surface area contributed by atoms with E-state index < -0.39 is 4.92 Å². The number of ether oxygens (including phenoxy) is 1. The first-order valence-electron chi connectivity index (χ1n) is 10.7. The molecule has 0 spiro atoms. The van der Waals surface area contributed by atoms with E-state index in [1.54, 1.807) is 28.4 Å². The minimum Gasteiger partial charge on any atom is -0.378 e. The molecule has 0 radical (unpaired) electrons. The van der Waals surface area contributed by atoms with E-state index in [1.807, 2.05) is 23.1 Å². The van der Waals surface area contributed by atoms with Gasteiger partial charge in [-0.05, 0) is 24.3 Å². The van der Waals surface area contributed by atoms with Crippen LogP contribution in [0.1, 0.15) is 10.4 Å². The lowest BCUT2D eigenvalue weighted by Gasteiger charge is -2.34. The quantitative estimate of drug-likeness (QED) is 0.409. The lowest BCUT2D eigenvalue weighted by Crippen LogP contribution is -2.48. The summed E-state index contributed by atoms with van der Waals surface area (Å²) < 4.78 is 6.37. The van der Waals surface area contributed by atoms with Crippen molar-refractivity contribution in [1.29, 1.82) is 0 Å². The lowest BCUT2D eigenvalue weighted by molar-refractivity contribution is -0.384. The van der Waals surface area contributed by atoms with Crippen LogP contribution in [-0.2, 0) is 4.74 Å². The molecule has 1 aromatic heterocycles. The van der Waals surface area contributed by atoms with Crippen LogP contribution in [0.25, 0.3) is 10.2 Å². The fourth-order valence-corrected chi connectivity index (χ4v) is 5.51. The predicted molar refractivity (Wildman–Crippen MR) is 129 cm³/mol. The molecule has 2 fully saturated rings. The first kappa shape index (κ1) is 21.9. The molecule has 33 heavy (non-hydrogen) atoms. The number of aromatic nitrogens is 1. The molecule has 172 valence electrons. The maximum absolute atomic E-state index is 13.1. The summed E-state index contributed by atoms with van der Waals surface area (Å²) in [5.74, 6) is -0.196. The van der Waals surface area contributed by atoms with Crippen molar-refractivity contribution >= 4 is 55.6 Å². The van der Waals surface area contributed by atoms with Crippen LogP contribution in [0.2, 0.25) is 5.02 Å². The number of anilines is 2. The first-order chi connectivity index (χ1) is 16.0. The third kappa shape index (κ3) is 4.33. The Morgan fingerprint density at radius 3 is 2.52 bits per heavy atom. The number of amides is 1. The second kappa shape index (κ2) is 9.12.